The van der Waals surface area contributed by atoms with Gasteiger partial charge in [0.05, 0.1) is 25.5 Å². The number of anilines is 4. The van der Waals surface area contributed by atoms with Crippen LogP contribution in [0.15, 0.2) is 24.4 Å². The summed E-state index contributed by atoms with van der Waals surface area (Å²) in [7, 11) is 4.91. The van der Waals surface area contributed by atoms with E-state index in [-0.39, 0.29) is 29.4 Å². The molecule has 1 aromatic heterocycles. The van der Waals surface area contributed by atoms with Gasteiger partial charge in [-0.3, -0.25) is 9.59 Å². The minimum absolute atomic E-state index is 0.0362. The maximum absolute atomic E-state index is 14.9. The Morgan fingerprint density at radius 3 is 2.53 bits per heavy atom. The second-order valence-corrected chi connectivity index (χ2v) is 10.5. The van der Waals surface area contributed by atoms with Crippen LogP contribution in [0.1, 0.15) is 48.9 Å². The number of hydrogen-bond donors (Lipinski definition) is 1. The molecule has 9 nitrogen and oxygen atoms in total. The molecule has 0 bridgehead atoms. The molecule has 38 heavy (non-hydrogen) atoms. The Morgan fingerprint density at radius 1 is 1.13 bits per heavy atom. The number of nitrogens with one attached hydrogen (secondary N) is 1. The molecule has 3 aliphatic rings. The zero-order valence-electron chi connectivity index (χ0n) is 22.0. The first-order valence-electron chi connectivity index (χ1n) is 13.2. The molecular formula is C27H34F2N6O3. The smallest absolute Gasteiger partial charge is 0.342 e. The van der Waals surface area contributed by atoms with E-state index in [0.29, 0.717) is 22.8 Å². The van der Waals surface area contributed by atoms with E-state index in [1.807, 2.05) is 0 Å². The molecule has 3 heterocycles. The van der Waals surface area contributed by atoms with Crippen molar-refractivity contribution in [2.45, 2.75) is 50.5 Å². The third-order valence-corrected chi connectivity index (χ3v) is 7.96. The van der Waals surface area contributed by atoms with Crippen LogP contribution >= 0.6 is 0 Å². The van der Waals surface area contributed by atoms with Crippen molar-refractivity contribution in [1.29, 1.82) is 0 Å². The highest BCUT2D eigenvalue weighted by molar-refractivity contribution is 6.02. The number of carbonyl (C=O) groups is 2. The van der Waals surface area contributed by atoms with Gasteiger partial charge < -0.3 is 24.8 Å². The quantitative estimate of drug-likeness (QED) is 0.561. The first kappa shape index (κ1) is 26.3. The number of alkyl halides is 2. The summed E-state index contributed by atoms with van der Waals surface area (Å²) in [6.07, 6.45) is 6.42. The maximum atomic E-state index is 14.9. The van der Waals surface area contributed by atoms with Gasteiger partial charge in [-0.1, -0.05) is 12.8 Å². The van der Waals surface area contributed by atoms with E-state index in [1.165, 1.54) is 20.4 Å². The zero-order valence-corrected chi connectivity index (χ0v) is 22.0. The van der Waals surface area contributed by atoms with Crippen LogP contribution in [0.25, 0.3) is 0 Å². The summed E-state index contributed by atoms with van der Waals surface area (Å²) in [5.74, 6) is -3.81. The second-order valence-electron chi connectivity index (χ2n) is 10.5. The highest BCUT2D eigenvalue weighted by Gasteiger charge is 2.48. The third kappa shape index (κ3) is 5.03. The average molecular weight is 529 g/mol. The number of methoxy groups -OCH3 is 1. The number of Topliss-reactive ketones (excluding diaryl/α,β-unsaturated/α-hetero) is 1. The summed E-state index contributed by atoms with van der Waals surface area (Å²) in [6.45, 7) is 1.04. The van der Waals surface area contributed by atoms with Crippen LogP contribution in [-0.4, -0.2) is 79.4 Å². The van der Waals surface area contributed by atoms with Gasteiger partial charge in [0, 0.05) is 24.6 Å². The number of fused-ring (bicyclic) bond motifs is 1. The van der Waals surface area contributed by atoms with Crippen molar-refractivity contribution in [3.8, 4) is 5.75 Å². The predicted molar refractivity (Wildman–Crippen MR) is 141 cm³/mol. The van der Waals surface area contributed by atoms with E-state index in [4.69, 9.17) is 4.74 Å². The minimum Gasteiger partial charge on any atom is -0.495 e. The first-order valence-corrected chi connectivity index (χ1v) is 13.2. The highest BCUT2D eigenvalue weighted by atomic mass is 19.3. The molecule has 2 aliphatic heterocycles. The van der Waals surface area contributed by atoms with Crippen LogP contribution in [0, 0.1) is 5.92 Å². The monoisotopic (exact) mass is 528 g/mol. The van der Waals surface area contributed by atoms with Crippen LogP contribution in [0.3, 0.4) is 0 Å². The van der Waals surface area contributed by atoms with Gasteiger partial charge >= 0.3 is 5.92 Å². The van der Waals surface area contributed by atoms with Gasteiger partial charge in [0.1, 0.15) is 11.4 Å². The molecule has 0 spiro atoms. The van der Waals surface area contributed by atoms with Crippen molar-refractivity contribution in [1.82, 2.24) is 14.9 Å². The average Bonchev–Trinajstić information content (AvgIpc) is 3.44. The lowest BCUT2D eigenvalue weighted by molar-refractivity contribution is -0.140. The molecule has 11 heteroatoms. The highest BCUT2D eigenvalue weighted by Crippen LogP contribution is 2.40. The molecule has 0 unspecified atom stereocenters. The van der Waals surface area contributed by atoms with Crippen LogP contribution in [0.5, 0.6) is 5.75 Å². The molecule has 1 amide bonds. The number of amides is 1. The number of piperidine rings is 1. The summed E-state index contributed by atoms with van der Waals surface area (Å²) in [5.41, 5.74) is 1.31. The Labute approximate surface area is 221 Å². The lowest BCUT2D eigenvalue weighted by atomic mass is 9.89. The van der Waals surface area contributed by atoms with Crippen molar-refractivity contribution in [2.75, 3.05) is 56.0 Å². The molecular weight excluding hydrogens is 494 g/mol. The van der Waals surface area contributed by atoms with Gasteiger partial charge in [0.15, 0.2) is 11.6 Å². The van der Waals surface area contributed by atoms with Crippen LogP contribution in [0.4, 0.5) is 31.9 Å². The molecule has 1 saturated carbocycles. The zero-order chi connectivity index (χ0) is 27.0. The number of hydrogen-bond acceptors (Lipinski definition) is 8. The summed E-state index contributed by atoms with van der Waals surface area (Å²) in [6, 6.07) is 5.08. The Bertz CT molecular complexity index is 1210. The SMILES string of the molecule is COc1ccc(C(=O)C2CCN(C)CC2)cc1Nc1ncc2c(n1)N(C1CCCC1)CC(F)(F)C(=O)N2C. The normalized spacial score (nSPS) is 20.8. The third-order valence-electron chi connectivity index (χ3n) is 7.96. The number of aromatic nitrogens is 2. The molecule has 2 aromatic rings. The van der Waals surface area contributed by atoms with Gasteiger partial charge in [0.2, 0.25) is 5.95 Å². The van der Waals surface area contributed by atoms with Crippen molar-refractivity contribution in [3.63, 3.8) is 0 Å². The second kappa shape index (κ2) is 10.4. The van der Waals surface area contributed by atoms with Crippen LogP contribution in [-0.2, 0) is 4.79 Å². The van der Waals surface area contributed by atoms with E-state index >= 15 is 0 Å². The number of carbonyl (C=O) groups excluding carboxylic acids is 2. The number of rotatable bonds is 6. The fraction of sp³-hybridized carbons (Fsp3) is 0.556. The van der Waals surface area contributed by atoms with Gasteiger partial charge in [-0.15, -0.1) is 0 Å². The fourth-order valence-electron chi connectivity index (χ4n) is 5.69. The summed E-state index contributed by atoms with van der Waals surface area (Å²) < 4.78 is 35.2. The standard InChI is InChI=1S/C27H34F2N6O3/c1-33-12-10-17(11-13-33)23(36)18-8-9-22(38-3)20(14-18)31-26-30-15-21-24(32-26)35(19-6-4-5-7-19)16-27(28,29)25(37)34(21)2/h8-9,14-15,17,19H,4-7,10-13,16H2,1-3H3,(H,30,31,32). The molecule has 1 N–H and O–H groups in total. The minimum atomic E-state index is -3.54. The largest absolute Gasteiger partial charge is 0.495 e. The summed E-state index contributed by atoms with van der Waals surface area (Å²) >= 11 is 0. The fourth-order valence-corrected chi connectivity index (χ4v) is 5.69. The van der Waals surface area contributed by atoms with Gasteiger partial charge in [-0.25, -0.2) is 4.98 Å². The Balaban J connectivity index is 1.47. The molecule has 204 valence electrons. The van der Waals surface area contributed by atoms with E-state index in [9.17, 15) is 18.4 Å². The molecule has 1 aliphatic carbocycles. The Morgan fingerprint density at radius 2 is 1.84 bits per heavy atom. The van der Waals surface area contributed by atoms with Crippen LogP contribution < -0.4 is 19.9 Å². The summed E-state index contributed by atoms with van der Waals surface area (Å²) in [5, 5.41) is 3.13. The Kier molecular flexibility index (Phi) is 7.21. The number of halogens is 2. The Hall–Kier alpha value is -3.34. The maximum Gasteiger partial charge on any atom is 0.342 e. The van der Waals surface area contributed by atoms with E-state index < -0.39 is 18.4 Å². The molecule has 0 radical (unpaired) electrons. The molecule has 5 rings (SSSR count). The molecule has 1 saturated heterocycles. The van der Waals surface area contributed by atoms with Gasteiger partial charge in [-0.2, -0.15) is 13.8 Å². The lowest BCUT2D eigenvalue weighted by Crippen LogP contribution is -2.48. The van der Waals surface area contributed by atoms with E-state index in [0.717, 1.165) is 56.5 Å². The number of likely N-dealkylation sites (tertiary alicyclic amines) is 1. The number of ether oxygens (including phenoxy) is 1. The lowest BCUT2D eigenvalue weighted by Gasteiger charge is -2.31. The number of benzene rings is 1. The van der Waals surface area contributed by atoms with Crippen molar-refractivity contribution >= 4 is 34.8 Å². The van der Waals surface area contributed by atoms with E-state index in [2.05, 4.69) is 27.2 Å². The molecule has 0 atom stereocenters. The summed E-state index contributed by atoms with van der Waals surface area (Å²) in [4.78, 5) is 39.4. The van der Waals surface area contributed by atoms with Crippen molar-refractivity contribution in [3.05, 3.63) is 30.0 Å². The van der Waals surface area contributed by atoms with Crippen molar-refractivity contribution < 1.29 is 23.1 Å². The number of nitrogens with zero attached hydrogens (tertiary/aromatic N) is 5. The van der Waals surface area contributed by atoms with E-state index in [1.54, 1.807) is 23.1 Å². The predicted octanol–water partition coefficient (Wildman–Crippen LogP) is 4.11. The molecule has 1 aromatic carbocycles. The van der Waals surface area contributed by atoms with Crippen LogP contribution in [0.2, 0.25) is 0 Å². The first-order chi connectivity index (χ1) is 18.2. The molecule has 2 fully saturated rings. The van der Waals surface area contributed by atoms with Gasteiger partial charge in [0.25, 0.3) is 5.91 Å². The van der Waals surface area contributed by atoms with Crippen molar-refractivity contribution in [2.24, 2.45) is 5.92 Å². The van der Waals surface area contributed by atoms with Gasteiger partial charge in [-0.05, 0) is 64.0 Å². The number of ketones is 1. The topological polar surface area (TPSA) is 90.9 Å².